The van der Waals surface area contributed by atoms with E-state index in [4.69, 9.17) is 10.8 Å². The molecule has 0 aromatic heterocycles. The highest BCUT2D eigenvalue weighted by Crippen LogP contribution is 2.17. The molecule has 0 unspecified atom stereocenters. The van der Waals surface area contributed by atoms with Crippen molar-refractivity contribution in [3.63, 3.8) is 0 Å². The maximum absolute atomic E-state index is 11.8. The van der Waals surface area contributed by atoms with E-state index >= 15 is 0 Å². The lowest BCUT2D eigenvalue weighted by Crippen LogP contribution is -2.20. The highest BCUT2D eigenvalue weighted by atomic mass is 16.4. The standard InChI is InChI=1S/C15H15N3O3/c16-12-3-1-2-4-13(12)18-15(21)17-11-7-5-10(6-8-11)9-14(19)20/h1-8H,9,16H2,(H,19,20)(H2,17,18,21). The summed E-state index contributed by atoms with van der Waals surface area (Å²) in [7, 11) is 0. The number of amides is 2. The lowest BCUT2D eigenvalue weighted by molar-refractivity contribution is -0.136. The molecular weight excluding hydrogens is 270 g/mol. The zero-order valence-electron chi connectivity index (χ0n) is 11.2. The van der Waals surface area contributed by atoms with Gasteiger partial charge in [-0.15, -0.1) is 0 Å². The average Bonchev–Trinajstić information content (AvgIpc) is 2.43. The van der Waals surface area contributed by atoms with Crippen molar-refractivity contribution in [1.82, 2.24) is 0 Å². The minimum atomic E-state index is -0.895. The van der Waals surface area contributed by atoms with Crippen LogP contribution in [0.15, 0.2) is 48.5 Å². The summed E-state index contributed by atoms with van der Waals surface area (Å²) in [5.41, 5.74) is 7.97. The van der Waals surface area contributed by atoms with E-state index in [1.54, 1.807) is 48.5 Å². The highest BCUT2D eigenvalue weighted by molar-refractivity contribution is 6.01. The third kappa shape index (κ3) is 4.24. The number of hydrogen-bond acceptors (Lipinski definition) is 3. The summed E-state index contributed by atoms with van der Waals surface area (Å²) in [6, 6.07) is 13.1. The van der Waals surface area contributed by atoms with Gasteiger partial charge in [-0.1, -0.05) is 24.3 Å². The molecule has 0 aliphatic heterocycles. The number of nitrogens with one attached hydrogen (secondary N) is 2. The molecule has 2 aromatic rings. The van der Waals surface area contributed by atoms with Crippen LogP contribution in [0.5, 0.6) is 0 Å². The number of para-hydroxylation sites is 2. The Hall–Kier alpha value is -3.02. The van der Waals surface area contributed by atoms with Crippen LogP contribution < -0.4 is 16.4 Å². The van der Waals surface area contributed by atoms with Crippen LogP contribution in [-0.4, -0.2) is 17.1 Å². The van der Waals surface area contributed by atoms with Crippen molar-refractivity contribution in [3.05, 3.63) is 54.1 Å². The quantitative estimate of drug-likeness (QED) is 0.648. The number of carboxylic acids is 1. The molecule has 0 saturated carbocycles. The molecule has 0 bridgehead atoms. The van der Waals surface area contributed by atoms with Gasteiger partial charge in [0.2, 0.25) is 0 Å². The summed E-state index contributed by atoms with van der Waals surface area (Å²) in [5.74, 6) is -0.895. The Morgan fingerprint density at radius 1 is 1.00 bits per heavy atom. The first kappa shape index (κ1) is 14.4. The number of urea groups is 1. The van der Waals surface area contributed by atoms with Gasteiger partial charge in [-0.3, -0.25) is 4.79 Å². The largest absolute Gasteiger partial charge is 0.481 e. The van der Waals surface area contributed by atoms with Gasteiger partial charge < -0.3 is 21.5 Å². The van der Waals surface area contributed by atoms with Crippen molar-refractivity contribution in [2.24, 2.45) is 0 Å². The van der Waals surface area contributed by atoms with Gasteiger partial charge in [0.1, 0.15) is 0 Å². The van der Waals surface area contributed by atoms with Crippen LogP contribution in [0.1, 0.15) is 5.56 Å². The Balaban J connectivity index is 1.96. The molecule has 0 atom stereocenters. The number of carboxylic acid groups (broad SMARTS) is 1. The lowest BCUT2D eigenvalue weighted by atomic mass is 10.1. The molecule has 6 heteroatoms. The van der Waals surface area contributed by atoms with Crippen LogP contribution in [0.4, 0.5) is 21.9 Å². The van der Waals surface area contributed by atoms with Gasteiger partial charge >= 0.3 is 12.0 Å². The second kappa shape index (κ2) is 6.42. The predicted molar refractivity (Wildman–Crippen MR) is 81.3 cm³/mol. The topological polar surface area (TPSA) is 104 Å². The number of carbonyl (C=O) groups is 2. The third-order valence-corrected chi connectivity index (χ3v) is 2.78. The number of carbonyl (C=O) groups excluding carboxylic acids is 1. The number of aliphatic carboxylic acids is 1. The number of nitrogens with two attached hydrogens (primary N) is 1. The van der Waals surface area contributed by atoms with Crippen molar-refractivity contribution in [2.45, 2.75) is 6.42 Å². The smallest absolute Gasteiger partial charge is 0.323 e. The van der Waals surface area contributed by atoms with Gasteiger partial charge in [0.15, 0.2) is 0 Å². The van der Waals surface area contributed by atoms with E-state index < -0.39 is 12.0 Å². The second-order valence-corrected chi connectivity index (χ2v) is 4.43. The Morgan fingerprint density at radius 2 is 1.67 bits per heavy atom. The van der Waals surface area contributed by atoms with E-state index in [0.29, 0.717) is 22.6 Å². The average molecular weight is 285 g/mol. The third-order valence-electron chi connectivity index (χ3n) is 2.78. The fourth-order valence-corrected chi connectivity index (χ4v) is 1.78. The van der Waals surface area contributed by atoms with E-state index in [1.807, 2.05) is 0 Å². The first-order valence-electron chi connectivity index (χ1n) is 6.28. The van der Waals surface area contributed by atoms with Crippen LogP contribution in [0.25, 0.3) is 0 Å². The summed E-state index contributed by atoms with van der Waals surface area (Å²) >= 11 is 0. The molecule has 5 N–H and O–H groups in total. The van der Waals surface area contributed by atoms with Crippen molar-refractivity contribution >= 4 is 29.1 Å². The fraction of sp³-hybridized carbons (Fsp3) is 0.0667. The van der Waals surface area contributed by atoms with Crippen LogP contribution in [-0.2, 0) is 11.2 Å². The molecule has 0 fully saturated rings. The van der Waals surface area contributed by atoms with Crippen LogP contribution in [0.2, 0.25) is 0 Å². The van der Waals surface area contributed by atoms with Gasteiger partial charge in [0, 0.05) is 5.69 Å². The maximum atomic E-state index is 11.8. The molecule has 108 valence electrons. The highest BCUT2D eigenvalue weighted by Gasteiger charge is 2.05. The molecule has 0 aliphatic rings. The first-order chi connectivity index (χ1) is 10.0. The van der Waals surface area contributed by atoms with Crippen molar-refractivity contribution in [1.29, 1.82) is 0 Å². The number of nitrogen functional groups attached to an aromatic ring is 1. The Labute approximate surface area is 121 Å². The number of rotatable bonds is 4. The van der Waals surface area contributed by atoms with Crippen LogP contribution in [0, 0.1) is 0 Å². The van der Waals surface area contributed by atoms with E-state index in [0.717, 1.165) is 0 Å². The summed E-state index contributed by atoms with van der Waals surface area (Å²) in [4.78, 5) is 22.4. The molecule has 2 rings (SSSR count). The van der Waals surface area contributed by atoms with Gasteiger partial charge in [0.05, 0.1) is 17.8 Å². The SMILES string of the molecule is Nc1ccccc1NC(=O)Nc1ccc(CC(=O)O)cc1. The fourth-order valence-electron chi connectivity index (χ4n) is 1.78. The summed E-state index contributed by atoms with van der Waals surface area (Å²) < 4.78 is 0. The number of benzene rings is 2. The summed E-state index contributed by atoms with van der Waals surface area (Å²) in [6.45, 7) is 0. The number of hydrogen-bond donors (Lipinski definition) is 4. The molecule has 0 aliphatic carbocycles. The molecule has 21 heavy (non-hydrogen) atoms. The Kier molecular flexibility index (Phi) is 4.40. The molecule has 0 heterocycles. The van der Waals surface area contributed by atoms with Crippen molar-refractivity contribution in [3.8, 4) is 0 Å². The molecule has 2 aromatic carbocycles. The van der Waals surface area contributed by atoms with E-state index in [-0.39, 0.29) is 6.42 Å². The van der Waals surface area contributed by atoms with E-state index in [1.165, 1.54) is 0 Å². The zero-order chi connectivity index (χ0) is 15.2. The molecule has 6 nitrogen and oxygen atoms in total. The summed E-state index contributed by atoms with van der Waals surface area (Å²) in [6.07, 6.45) is -0.0486. The van der Waals surface area contributed by atoms with E-state index in [2.05, 4.69) is 10.6 Å². The van der Waals surface area contributed by atoms with Gasteiger partial charge in [-0.05, 0) is 29.8 Å². The molecule has 0 spiro atoms. The lowest BCUT2D eigenvalue weighted by Gasteiger charge is -2.09. The predicted octanol–water partition coefficient (Wildman–Crippen LogP) is 2.54. The Morgan fingerprint density at radius 3 is 2.29 bits per heavy atom. The molecular formula is C15H15N3O3. The monoisotopic (exact) mass is 285 g/mol. The zero-order valence-corrected chi connectivity index (χ0v) is 11.2. The summed E-state index contributed by atoms with van der Waals surface area (Å²) in [5, 5.41) is 14.0. The van der Waals surface area contributed by atoms with Crippen molar-refractivity contribution in [2.75, 3.05) is 16.4 Å². The number of anilines is 3. The Bertz CT molecular complexity index is 653. The minimum Gasteiger partial charge on any atom is -0.481 e. The van der Waals surface area contributed by atoms with Gasteiger partial charge in [-0.2, -0.15) is 0 Å². The molecule has 0 saturated heterocycles. The van der Waals surface area contributed by atoms with Crippen LogP contribution >= 0.6 is 0 Å². The van der Waals surface area contributed by atoms with Crippen LogP contribution in [0.3, 0.4) is 0 Å². The minimum absolute atomic E-state index is 0.0486. The molecule has 2 amide bonds. The molecule has 0 radical (unpaired) electrons. The van der Waals surface area contributed by atoms with Gasteiger partial charge in [-0.25, -0.2) is 4.79 Å². The maximum Gasteiger partial charge on any atom is 0.323 e. The second-order valence-electron chi connectivity index (χ2n) is 4.43. The van der Waals surface area contributed by atoms with E-state index in [9.17, 15) is 9.59 Å². The van der Waals surface area contributed by atoms with Gasteiger partial charge in [0.25, 0.3) is 0 Å². The normalized spacial score (nSPS) is 9.90. The first-order valence-corrected chi connectivity index (χ1v) is 6.28. The van der Waals surface area contributed by atoms with Crippen molar-refractivity contribution < 1.29 is 14.7 Å².